The molecule has 0 aliphatic heterocycles. The van der Waals surface area contributed by atoms with Crippen LogP contribution in [0.3, 0.4) is 0 Å². The van der Waals surface area contributed by atoms with Crippen molar-refractivity contribution in [3.05, 3.63) is 24.3 Å². The van der Waals surface area contributed by atoms with Gasteiger partial charge in [0.25, 0.3) is 0 Å². The average Bonchev–Trinajstić information content (AvgIpc) is 2.57. The maximum Gasteiger partial charge on any atom is 0.239 e. The number of hydrogen-bond acceptors (Lipinski definition) is 3. The van der Waals surface area contributed by atoms with Crippen molar-refractivity contribution in [1.82, 2.24) is 5.32 Å². The normalized spacial score (nSPS) is 10.3. The summed E-state index contributed by atoms with van der Waals surface area (Å²) in [5, 5.41) is 6.08. The quantitative estimate of drug-likeness (QED) is 0.531. The van der Waals surface area contributed by atoms with Gasteiger partial charge >= 0.3 is 0 Å². The third-order valence-electron chi connectivity index (χ3n) is 3.68. The maximum atomic E-state index is 11.7. The van der Waals surface area contributed by atoms with Crippen LogP contribution in [0, 0.1) is 0 Å². The Labute approximate surface area is 141 Å². The molecule has 0 saturated carbocycles. The SMILES string of the molecule is CCCCCCCNC(=O)CNc1ccc(OCCCC)cc1. The molecule has 0 bridgehead atoms. The van der Waals surface area contributed by atoms with Crippen molar-refractivity contribution in [2.24, 2.45) is 0 Å². The van der Waals surface area contributed by atoms with Crippen LogP contribution in [0.2, 0.25) is 0 Å². The summed E-state index contributed by atoms with van der Waals surface area (Å²) in [6.45, 7) is 6.19. The minimum atomic E-state index is 0.0452. The molecule has 4 heteroatoms. The fraction of sp³-hybridized carbons (Fsp3) is 0.632. The Bertz CT molecular complexity index is 418. The molecule has 0 heterocycles. The minimum absolute atomic E-state index is 0.0452. The van der Waals surface area contributed by atoms with Crippen LogP contribution in [0.5, 0.6) is 5.75 Å². The van der Waals surface area contributed by atoms with Gasteiger partial charge in [0, 0.05) is 12.2 Å². The van der Waals surface area contributed by atoms with Gasteiger partial charge in [0.1, 0.15) is 5.75 Å². The van der Waals surface area contributed by atoms with Gasteiger partial charge in [0.05, 0.1) is 13.2 Å². The van der Waals surface area contributed by atoms with Crippen LogP contribution in [0.25, 0.3) is 0 Å². The largest absolute Gasteiger partial charge is 0.494 e. The van der Waals surface area contributed by atoms with Crippen LogP contribution < -0.4 is 15.4 Å². The maximum absolute atomic E-state index is 11.7. The second-order valence-electron chi connectivity index (χ2n) is 5.84. The number of carbonyl (C=O) groups excluding carboxylic acids is 1. The van der Waals surface area contributed by atoms with E-state index in [9.17, 15) is 4.79 Å². The molecule has 0 fully saturated rings. The van der Waals surface area contributed by atoms with Gasteiger partial charge in [-0.2, -0.15) is 0 Å². The Morgan fingerprint density at radius 2 is 1.65 bits per heavy atom. The summed E-state index contributed by atoms with van der Waals surface area (Å²) in [6, 6.07) is 7.76. The molecule has 0 aromatic heterocycles. The summed E-state index contributed by atoms with van der Waals surface area (Å²) in [5.74, 6) is 0.921. The van der Waals surface area contributed by atoms with E-state index in [2.05, 4.69) is 24.5 Å². The summed E-state index contributed by atoms with van der Waals surface area (Å²) in [4.78, 5) is 11.7. The molecular weight excluding hydrogens is 288 g/mol. The molecule has 0 aliphatic carbocycles. The van der Waals surface area contributed by atoms with E-state index in [1.807, 2.05) is 24.3 Å². The predicted molar refractivity (Wildman–Crippen MR) is 97.1 cm³/mol. The van der Waals surface area contributed by atoms with Crippen LogP contribution in [-0.2, 0) is 4.79 Å². The Hall–Kier alpha value is -1.71. The molecule has 2 N–H and O–H groups in total. The highest BCUT2D eigenvalue weighted by Gasteiger charge is 2.01. The molecule has 1 amide bonds. The first-order valence-electron chi connectivity index (χ1n) is 8.99. The van der Waals surface area contributed by atoms with Crippen molar-refractivity contribution in [2.75, 3.05) is 25.0 Å². The number of amides is 1. The van der Waals surface area contributed by atoms with E-state index in [0.29, 0.717) is 6.54 Å². The number of nitrogens with one attached hydrogen (secondary N) is 2. The van der Waals surface area contributed by atoms with Gasteiger partial charge in [-0.25, -0.2) is 0 Å². The first-order chi connectivity index (χ1) is 11.3. The van der Waals surface area contributed by atoms with Crippen molar-refractivity contribution in [2.45, 2.75) is 58.8 Å². The zero-order valence-corrected chi connectivity index (χ0v) is 14.7. The Kier molecular flexibility index (Phi) is 10.8. The van der Waals surface area contributed by atoms with Crippen molar-refractivity contribution in [1.29, 1.82) is 0 Å². The molecule has 4 nitrogen and oxygen atoms in total. The van der Waals surface area contributed by atoms with Crippen molar-refractivity contribution >= 4 is 11.6 Å². The van der Waals surface area contributed by atoms with E-state index in [0.717, 1.165) is 43.9 Å². The topological polar surface area (TPSA) is 50.4 Å². The zero-order chi connectivity index (χ0) is 16.8. The third-order valence-corrected chi connectivity index (χ3v) is 3.68. The van der Waals surface area contributed by atoms with Gasteiger partial charge < -0.3 is 15.4 Å². The Balaban J connectivity index is 2.12. The molecule has 0 unspecified atom stereocenters. The van der Waals surface area contributed by atoms with Gasteiger partial charge in [-0.15, -0.1) is 0 Å². The number of rotatable bonds is 13. The fourth-order valence-electron chi connectivity index (χ4n) is 2.20. The van der Waals surface area contributed by atoms with Crippen LogP contribution in [-0.4, -0.2) is 25.6 Å². The van der Waals surface area contributed by atoms with Crippen molar-refractivity contribution < 1.29 is 9.53 Å². The lowest BCUT2D eigenvalue weighted by atomic mass is 10.1. The highest BCUT2D eigenvalue weighted by molar-refractivity contribution is 5.80. The summed E-state index contributed by atoms with van der Waals surface area (Å²) in [7, 11) is 0. The second kappa shape index (κ2) is 12.8. The lowest BCUT2D eigenvalue weighted by Crippen LogP contribution is -2.30. The van der Waals surface area contributed by atoms with Gasteiger partial charge in [0.15, 0.2) is 0 Å². The molecule has 1 aromatic rings. The number of hydrogen-bond donors (Lipinski definition) is 2. The molecule has 23 heavy (non-hydrogen) atoms. The van der Waals surface area contributed by atoms with E-state index in [4.69, 9.17) is 4.74 Å². The third kappa shape index (κ3) is 9.82. The molecule has 0 aliphatic rings. The molecule has 0 radical (unpaired) electrons. The van der Waals surface area contributed by atoms with Gasteiger partial charge in [-0.3, -0.25) is 4.79 Å². The lowest BCUT2D eigenvalue weighted by Gasteiger charge is -2.09. The highest BCUT2D eigenvalue weighted by atomic mass is 16.5. The van der Waals surface area contributed by atoms with Crippen molar-refractivity contribution in [3.63, 3.8) is 0 Å². The van der Waals surface area contributed by atoms with Crippen LogP contribution in [0.1, 0.15) is 58.8 Å². The average molecular weight is 320 g/mol. The number of ether oxygens (including phenoxy) is 1. The van der Waals surface area contributed by atoms with Gasteiger partial charge in [-0.1, -0.05) is 46.0 Å². The monoisotopic (exact) mass is 320 g/mol. The highest BCUT2D eigenvalue weighted by Crippen LogP contribution is 2.15. The molecule has 0 atom stereocenters. The Morgan fingerprint density at radius 1 is 0.957 bits per heavy atom. The minimum Gasteiger partial charge on any atom is -0.494 e. The molecule has 0 saturated heterocycles. The molecule has 1 aromatic carbocycles. The summed E-state index contributed by atoms with van der Waals surface area (Å²) in [5.41, 5.74) is 0.936. The van der Waals surface area contributed by atoms with E-state index < -0.39 is 0 Å². The first kappa shape index (κ1) is 19.3. The molecular formula is C19H32N2O2. The van der Waals surface area contributed by atoms with Gasteiger partial charge in [-0.05, 0) is 37.1 Å². The number of carbonyl (C=O) groups is 1. The summed E-state index contributed by atoms with van der Waals surface area (Å²) < 4.78 is 5.61. The van der Waals surface area contributed by atoms with Crippen LogP contribution in [0.4, 0.5) is 5.69 Å². The molecule has 130 valence electrons. The second-order valence-corrected chi connectivity index (χ2v) is 5.84. The van der Waals surface area contributed by atoms with Crippen LogP contribution >= 0.6 is 0 Å². The zero-order valence-electron chi connectivity index (χ0n) is 14.7. The predicted octanol–water partition coefficient (Wildman–Crippen LogP) is 4.36. The summed E-state index contributed by atoms with van der Waals surface area (Å²) >= 11 is 0. The van der Waals surface area contributed by atoms with E-state index in [-0.39, 0.29) is 5.91 Å². The standard InChI is InChI=1S/C19H32N2O2/c1-3-5-7-8-9-14-20-19(22)16-21-17-10-12-18(13-11-17)23-15-6-4-2/h10-13,21H,3-9,14-16H2,1-2H3,(H,20,22). The number of anilines is 1. The van der Waals surface area contributed by atoms with E-state index >= 15 is 0 Å². The summed E-state index contributed by atoms with van der Waals surface area (Å²) in [6.07, 6.45) is 8.26. The van der Waals surface area contributed by atoms with E-state index in [1.54, 1.807) is 0 Å². The fourth-order valence-corrected chi connectivity index (χ4v) is 2.20. The smallest absolute Gasteiger partial charge is 0.239 e. The Morgan fingerprint density at radius 3 is 2.35 bits per heavy atom. The number of unbranched alkanes of at least 4 members (excludes halogenated alkanes) is 5. The molecule has 0 spiro atoms. The molecule has 1 rings (SSSR count). The van der Waals surface area contributed by atoms with Crippen molar-refractivity contribution in [3.8, 4) is 5.75 Å². The van der Waals surface area contributed by atoms with Crippen LogP contribution in [0.15, 0.2) is 24.3 Å². The lowest BCUT2D eigenvalue weighted by molar-refractivity contribution is -0.119. The van der Waals surface area contributed by atoms with E-state index in [1.165, 1.54) is 25.7 Å². The first-order valence-corrected chi connectivity index (χ1v) is 8.99. The number of benzene rings is 1. The van der Waals surface area contributed by atoms with Gasteiger partial charge in [0.2, 0.25) is 5.91 Å².